The van der Waals surface area contributed by atoms with Gasteiger partial charge < -0.3 is 14.8 Å². The van der Waals surface area contributed by atoms with Gasteiger partial charge in [0.25, 0.3) is 0 Å². The number of hydrogen-bond donors (Lipinski definition) is 1. The molecule has 1 rings (SSSR count). The molecule has 1 N–H and O–H groups in total. The maximum absolute atomic E-state index is 6.08. The summed E-state index contributed by atoms with van der Waals surface area (Å²) in [7, 11) is 3.43. The number of rotatable bonds is 10. The lowest BCUT2D eigenvalue weighted by Gasteiger charge is -2.25. The Morgan fingerprint density at radius 1 is 1.14 bits per heavy atom. The van der Waals surface area contributed by atoms with Crippen LogP contribution in [0.3, 0.4) is 0 Å². The third-order valence-corrected chi connectivity index (χ3v) is 4.01. The van der Waals surface area contributed by atoms with E-state index in [4.69, 9.17) is 21.1 Å². The summed E-state index contributed by atoms with van der Waals surface area (Å²) in [6.45, 7) is 7.31. The van der Waals surface area contributed by atoms with Gasteiger partial charge in [-0.25, -0.2) is 0 Å². The van der Waals surface area contributed by atoms with Crippen molar-refractivity contribution < 1.29 is 9.47 Å². The Morgan fingerprint density at radius 2 is 1.90 bits per heavy atom. The van der Waals surface area contributed by atoms with E-state index < -0.39 is 0 Å². The molecule has 0 saturated carbocycles. The number of hydrogen-bond acceptors (Lipinski definition) is 3. The van der Waals surface area contributed by atoms with Gasteiger partial charge in [0.2, 0.25) is 0 Å². The van der Waals surface area contributed by atoms with Gasteiger partial charge in [0.05, 0.1) is 13.7 Å². The lowest BCUT2D eigenvalue weighted by molar-refractivity contribution is 0.196. The molecule has 0 heterocycles. The van der Waals surface area contributed by atoms with E-state index in [1.165, 1.54) is 5.56 Å². The van der Waals surface area contributed by atoms with Gasteiger partial charge in [-0.1, -0.05) is 25.4 Å². The van der Waals surface area contributed by atoms with E-state index in [0.29, 0.717) is 0 Å². The van der Waals surface area contributed by atoms with Gasteiger partial charge in [-0.3, -0.25) is 0 Å². The summed E-state index contributed by atoms with van der Waals surface area (Å²) in [5, 5.41) is 4.17. The quantitative estimate of drug-likeness (QED) is 0.664. The number of methoxy groups -OCH3 is 2. The van der Waals surface area contributed by atoms with Gasteiger partial charge in [-0.2, -0.15) is 0 Å². The molecular formula is C17H28ClNO2. The summed E-state index contributed by atoms with van der Waals surface area (Å²) in [4.78, 5) is 0. The third kappa shape index (κ3) is 7.16. The first-order valence-electron chi connectivity index (χ1n) is 7.50. The molecule has 0 fully saturated rings. The molecule has 0 aliphatic carbocycles. The molecule has 0 amide bonds. The Balaban J connectivity index is 2.43. The van der Waals surface area contributed by atoms with Crippen LogP contribution in [0.1, 0.15) is 32.3 Å². The molecule has 120 valence electrons. The third-order valence-electron chi connectivity index (χ3n) is 3.78. The maximum Gasteiger partial charge on any atom is 0.122 e. The fourth-order valence-electron chi connectivity index (χ4n) is 2.27. The van der Waals surface area contributed by atoms with Gasteiger partial charge >= 0.3 is 0 Å². The monoisotopic (exact) mass is 313 g/mol. The Bertz CT molecular complexity index is 421. The van der Waals surface area contributed by atoms with Crippen molar-refractivity contribution in [3.8, 4) is 5.75 Å². The van der Waals surface area contributed by atoms with Crippen LogP contribution in [-0.2, 0) is 11.2 Å². The lowest BCUT2D eigenvalue weighted by atomic mass is 9.83. The summed E-state index contributed by atoms with van der Waals surface area (Å²) in [5.74, 6) is 0.924. The second-order valence-corrected chi connectivity index (χ2v) is 6.55. The van der Waals surface area contributed by atoms with Crippen LogP contribution in [0.25, 0.3) is 0 Å². The minimum Gasteiger partial charge on any atom is -0.496 e. The van der Waals surface area contributed by atoms with Crippen LogP contribution in [0, 0.1) is 5.41 Å². The Morgan fingerprint density at radius 3 is 2.57 bits per heavy atom. The van der Waals surface area contributed by atoms with Gasteiger partial charge in [-0.15, -0.1) is 0 Å². The number of halogens is 1. The zero-order valence-corrected chi connectivity index (χ0v) is 14.4. The molecule has 3 nitrogen and oxygen atoms in total. The average molecular weight is 314 g/mol. The van der Waals surface area contributed by atoms with Crippen molar-refractivity contribution in [2.45, 2.75) is 33.1 Å². The van der Waals surface area contributed by atoms with Crippen molar-refractivity contribution in [1.29, 1.82) is 0 Å². The molecule has 0 aliphatic heterocycles. The predicted molar refractivity (Wildman–Crippen MR) is 89.5 cm³/mol. The highest BCUT2D eigenvalue weighted by molar-refractivity contribution is 6.30. The lowest BCUT2D eigenvalue weighted by Crippen LogP contribution is -2.25. The fourth-order valence-corrected chi connectivity index (χ4v) is 2.46. The van der Waals surface area contributed by atoms with E-state index in [0.717, 1.165) is 49.7 Å². The topological polar surface area (TPSA) is 30.5 Å². The zero-order chi connectivity index (χ0) is 15.7. The Hall–Kier alpha value is -0.770. The SMILES string of the molecule is COCCNCCC(C)(C)CCc1cc(Cl)ccc1OC. The molecule has 0 aliphatic rings. The molecule has 1 aromatic carbocycles. The van der Waals surface area contributed by atoms with Crippen LogP contribution >= 0.6 is 11.6 Å². The highest BCUT2D eigenvalue weighted by Crippen LogP contribution is 2.30. The molecular weight excluding hydrogens is 286 g/mol. The van der Waals surface area contributed by atoms with Crippen molar-refractivity contribution in [2.24, 2.45) is 5.41 Å². The molecule has 1 aromatic rings. The summed E-state index contributed by atoms with van der Waals surface area (Å²) >= 11 is 6.08. The summed E-state index contributed by atoms with van der Waals surface area (Å²) in [6, 6.07) is 5.82. The largest absolute Gasteiger partial charge is 0.496 e. The summed E-state index contributed by atoms with van der Waals surface area (Å²) in [5.41, 5.74) is 1.47. The van der Waals surface area contributed by atoms with Crippen molar-refractivity contribution >= 4 is 11.6 Å². The molecule has 0 saturated heterocycles. The molecule has 0 aromatic heterocycles. The Labute approximate surface area is 134 Å². The van der Waals surface area contributed by atoms with E-state index in [1.54, 1.807) is 14.2 Å². The van der Waals surface area contributed by atoms with Crippen LogP contribution < -0.4 is 10.1 Å². The normalized spacial score (nSPS) is 11.7. The van der Waals surface area contributed by atoms with Crippen LogP contribution in [0.2, 0.25) is 5.02 Å². The van der Waals surface area contributed by atoms with E-state index in [9.17, 15) is 0 Å². The summed E-state index contributed by atoms with van der Waals surface area (Å²) < 4.78 is 10.4. The van der Waals surface area contributed by atoms with Crippen molar-refractivity contribution in [3.05, 3.63) is 28.8 Å². The minimum absolute atomic E-state index is 0.285. The number of nitrogens with one attached hydrogen (secondary N) is 1. The van der Waals surface area contributed by atoms with E-state index in [1.807, 2.05) is 18.2 Å². The van der Waals surface area contributed by atoms with Crippen LogP contribution in [0.4, 0.5) is 0 Å². The highest BCUT2D eigenvalue weighted by Gasteiger charge is 2.18. The Kier molecular flexibility index (Phi) is 8.09. The van der Waals surface area contributed by atoms with E-state index in [-0.39, 0.29) is 5.41 Å². The van der Waals surface area contributed by atoms with Crippen molar-refractivity contribution in [2.75, 3.05) is 33.9 Å². The highest BCUT2D eigenvalue weighted by atomic mass is 35.5. The first kappa shape index (κ1) is 18.3. The van der Waals surface area contributed by atoms with Gasteiger partial charge in [-0.05, 0) is 55.0 Å². The first-order chi connectivity index (χ1) is 9.98. The van der Waals surface area contributed by atoms with Crippen molar-refractivity contribution in [3.63, 3.8) is 0 Å². The van der Waals surface area contributed by atoms with Gasteiger partial charge in [0.15, 0.2) is 0 Å². The zero-order valence-electron chi connectivity index (χ0n) is 13.7. The minimum atomic E-state index is 0.285. The summed E-state index contributed by atoms with van der Waals surface area (Å²) in [6.07, 6.45) is 3.23. The maximum atomic E-state index is 6.08. The number of ether oxygens (including phenoxy) is 2. The van der Waals surface area contributed by atoms with Crippen LogP contribution in [0.5, 0.6) is 5.75 Å². The van der Waals surface area contributed by atoms with Crippen LogP contribution in [-0.4, -0.2) is 33.9 Å². The molecule has 0 spiro atoms. The first-order valence-corrected chi connectivity index (χ1v) is 7.88. The molecule has 0 atom stereocenters. The molecule has 21 heavy (non-hydrogen) atoms. The molecule has 0 radical (unpaired) electrons. The fraction of sp³-hybridized carbons (Fsp3) is 0.647. The van der Waals surface area contributed by atoms with E-state index in [2.05, 4.69) is 19.2 Å². The predicted octanol–water partition coefficient (Wildman–Crippen LogP) is 3.93. The molecule has 0 unspecified atom stereocenters. The standard InChI is InChI=1S/C17H28ClNO2/c1-17(2,9-10-19-11-12-20-3)8-7-14-13-15(18)5-6-16(14)21-4/h5-6,13,19H,7-12H2,1-4H3. The smallest absolute Gasteiger partial charge is 0.122 e. The second-order valence-electron chi connectivity index (χ2n) is 6.11. The van der Waals surface area contributed by atoms with Gasteiger partial charge in [0.1, 0.15) is 5.75 Å². The van der Waals surface area contributed by atoms with Crippen LogP contribution in [0.15, 0.2) is 18.2 Å². The number of benzene rings is 1. The van der Waals surface area contributed by atoms with Gasteiger partial charge in [0, 0.05) is 18.7 Å². The number of aryl methyl sites for hydroxylation is 1. The molecule has 0 bridgehead atoms. The second kappa shape index (κ2) is 9.29. The molecule has 4 heteroatoms. The average Bonchev–Trinajstić information content (AvgIpc) is 2.45. The van der Waals surface area contributed by atoms with E-state index >= 15 is 0 Å². The van der Waals surface area contributed by atoms with Crippen molar-refractivity contribution in [1.82, 2.24) is 5.32 Å².